The van der Waals surface area contributed by atoms with Gasteiger partial charge in [-0.3, -0.25) is 5.41 Å². The van der Waals surface area contributed by atoms with Gasteiger partial charge in [-0.05, 0) is 175 Å². The summed E-state index contributed by atoms with van der Waals surface area (Å²) in [5, 5.41) is 13.5. The van der Waals surface area contributed by atoms with Crippen LogP contribution in [0.5, 0.6) is 0 Å². The van der Waals surface area contributed by atoms with Crippen LogP contribution in [0.15, 0.2) is 11.6 Å². The van der Waals surface area contributed by atoms with Gasteiger partial charge >= 0.3 is 0 Å². The van der Waals surface area contributed by atoms with Crippen molar-refractivity contribution in [3.63, 3.8) is 0 Å². The maximum Gasteiger partial charge on any atom is 0.0966 e. The van der Waals surface area contributed by atoms with Crippen LogP contribution in [0.1, 0.15) is 191 Å². The van der Waals surface area contributed by atoms with Crippen molar-refractivity contribution < 1.29 is 0 Å². The predicted molar refractivity (Wildman–Crippen MR) is 252 cm³/mol. The number of hydrogen-bond donors (Lipinski definition) is 4. The van der Waals surface area contributed by atoms with E-state index < -0.39 is 0 Å². The maximum atomic E-state index is 9.11. The summed E-state index contributed by atoms with van der Waals surface area (Å²) in [6, 6.07) is 0. The minimum Gasteiger partial charge on any atom is -0.360 e. The fraction of sp³-hybridized carbons (Fsp3) is 0.939. The lowest BCUT2D eigenvalue weighted by Crippen LogP contribution is -2.50. The smallest absolute Gasteiger partial charge is 0.0966 e. The van der Waals surface area contributed by atoms with Crippen LogP contribution in [0.25, 0.3) is 0 Å². The van der Waals surface area contributed by atoms with Crippen molar-refractivity contribution in [2.24, 2.45) is 63.7 Å². The molecular formula is C49H93N5S2. The Bertz CT molecular complexity index is 1210. The van der Waals surface area contributed by atoms with Crippen molar-refractivity contribution in [1.82, 2.24) is 10.2 Å². The summed E-state index contributed by atoms with van der Waals surface area (Å²) in [6.07, 6.45) is 26.4. The highest BCUT2D eigenvalue weighted by Crippen LogP contribution is 2.67. The molecule has 56 heavy (non-hydrogen) atoms. The van der Waals surface area contributed by atoms with Crippen molar-refractivity contribution >= 4 is 27.4 Å². The number of unbranched alkanes of at least 4 members (excludes halogenated alkanes) is 1. The summed E-state index contributed by atoms with van der Waals surface area (Å²) in [4.78, 5) is 2.34. The van der Waals surface area contributed by atoms with Crippen LogP contribution in [0.3, 0.4) is 0 Å². The van der Waals surface area contributed by atoms with Gasteiger partial charge in [0, 0.05) is 41.6 Å². The predicted octanol–water partition coefficient (Wildman–Crippen LogP) is 12.9. The van der Waals surface area contributed by atoms with Crippen LogP contribution in [0.2, 0.25) is 0 Å². The zero-order valence-corrected chi connectivity index (χ0v) is 40.2. The van der Waals surface area contributed by atoms with E-state index in [0.29, 0.717) is 10.8 Å². The molecule has 0 heterocycles. The zero-order chi connectivity index (χ0) is 41.1. The third kappa shape index (κ3) is 12.4. The van der Waals surface area contributed by atoms with Crippen LogP contribution < -0.4 is 16.8 Å². The highest BCUT2D eigenvalue weighted by Gasteiger charge is 2.59. The van der Waals surface area contributed by atoms with E-state index in [4.69, 9.17) is 16.9 Å². The molecule has 4 aliphatic rings. The minimum absolute atomic E-state index is 0.0282. The summed E-state index contributed by atoms with van der Waals surface area (Å²) < 4.78 is 0. The van der Waals surface area contributed by atoms with Gasteiger partial charge in [0.1, 0.15) is 0 Å². The molecule has 0 spiro atoms. The van der Waals surface area contributed by atoms with E-state index in [1.165, 1.54) is 70.6 Å². The van der Waals surface area contributed by atoms with Gasteiger partial charge in [0.25, 0.3) is 0 Å². The molecule has 10 atom stereocenters. The third-order valence-electron chi connectivity index (χ3n) is 17.3. The van der Waals surface area contributed by atoms with E-state index >= 15 is 0 Å². The first-order valence-corrected chi connectivity index (χ1v) is 26.5. The Morgan fingerprint density at radius 2 is 1.68 bits per heavy atom. The largest absolute Gasteiger partial charge is 0.360 e. The average Bonchev–Trinajstić information content (AvgIpc) is 3.54. The van der Waals surface area contributed by atoms with Gasteiger partial charge in [0.05, 0.1) is 5.84 Å². The summed E-state index contributed by atoms with van der Waals surface area (Å²) in [5.41, 5.74) is 15.7. The van der Waals surface area contributed by atoms with Crippen molar-refractivity contribution in [3.05, 3.63) is 11.6 Å². The number of allylic oxidation sites excluding steroid dienone is 2. The van der Waals surface area contributed by atoms with Crippen LogP contribution in [-0.2, 0) is 0 Å². The molecule has 0 aromatic heterocycles. The summed E-state index contributed by atoms with van der Waals surface area (Å²) in [6.45, 7) is 28.0. The minimum atomic E-state index is -0.165. The molecule has 1 unspecified atom stereocenters. The molecule has 4 rings (SSSR count). The SMILES string of the molecule is CC[C@H](CC[C@@H](C)[C@H]1CC[C@H]2[C@@H]3CC=C4C[C@@H](SSCCC(=N)N(CCCCNCCC(N)(CC)CC)CCC(C)(N)CC)CC[C@]4(C)[C@H]3CC[C@]12C)C(C)C. The number of nitrogens with zero attached hydrogens (tertiary/aromatic N) is 1. The second kappa shape index (κ2) is 22.1. The Morgan fingerprint density at radius 3 is 2.36 bits per heavy atom. The molecule has 0 aliphatic heterocycles. The molecule has 0 saturated heterocycles. The van der Waals surface area contributed by atoms with Crippen LogP contribution in [-0.4, -0.2) is 59.0 Å². The van der Waals surface area contributed by atoms with Crippen LogP contribution in [0, 0.1) is 57.7 Å². The normalized spacial score (nSPS) is 31.2. The van der Waals surface area contributed by atoms with E-state index in [2.05, 4.69) is 96.3 Å². The van der Waals surface area contributed by atoms with E-state index in [0.717, 1.165) is 136 Å². The summed E-state index contributed by atoms with van der Waals surface area (Å²) >= 11 is 0. The molecular weight excluding hydrogens is 723 g/mol. The highest BCUT2D eigenvalue weighted by molar-refractivity contribution is 8.76. The second-order valence-corrected chi connectivity index (χ2v) is 23.7. The van der Waals surface area contributed by atoms with E-state index in [-0.39, 0.29) is 11.1 Å². The standard InChI is InChI=1S/C49H93N5S2/c1-11-38(36(5)6)18-17-37(7)42-21-22-43-41-20-19-39-35-40(23-26-47(39,9)44(41)24-27-48(42,43)10)56-55-34-25-45(50)54(33-29-46(8,51)12-2)32-16-15-30-53-31-28-49(52,13-3)14-4/h19,36-38,40-44,50,53H,11-18,20-35,51-52H2,1-10H3/t37-,38-,40+,41+,42-,43+,44+,46?,47+,48-/m1/s1. The first-order valence-electron chi connectivity index (χ1n) is 24.1. The lowest BCUT2D eigenvalue weighted by molar-refractivity contribution is -0.0500. The lowest BCUT2D eigenvalue weighted by atomic mass is 9.47. The van der Waals surface area contributed by atoms with E-state index in [9.17, 15) is 0 Å². The van der Waals surface area contributed by atoms with Crippen LogP contribution >= 0.6 is 21.6 Å². The van der Waals surface area contributed by atoms with Gasteiger partial charge in [0.15, 0.2) is 0 Å². The number of nitrogens with two attached hydrogens (primary N) is 2. The van der Waals surface area contributed by atoms with Gasteiger partial charge in [-0.25, -0.2) is 0 Å². The van der Waals surface area contributed by atoms with Gasteiger partial charge < -0.3 is 21.7 Å². The molecule has 7 heteroatoms. The molecule has 4 aliphatic carbocycles. The first kappa shape index (κ1) is 48.5. The Labute approximate surface area is 356 Å². The number of amidine groups is 1. The van der Waals surface area contributed by atoms with E-state index in [1.54, 1.807) is 0 Å². The van der Waals surface area contributed by atoms with Crippen LogP contribution in [0.4, 0.5) is 0 Å². The molecule has 0 aromatic rings. The van der Waals surface area contributed by atoms with Gasteiger partial charge in [-0.15, -0.1) is 0 Å². The molecule has 6 N–H and O–H groups in total. The Balaban J connectivity index is 1.23. The molecule has 5 nitrogen and oxygen atoms in total. The third-order valence-corrected chi connectivity index (χ3v) is 20.2. The van der Waals surface area contributed by atoms with Gasteiger partial charge in [-0.1, -0.05) is 108 Å². The molecule has 0 amide bonds. The molecule has 3 fully saturated rings. The Morgan fingerprint density at radius 1 is 0.929 bits per heavy atom. The summed E-state index contributed by atoms with van der Waals surface area (Å²) in [7, 11) is 4.18. The van der Waals surface area contributed by atoms with E-state index in [1.807, 2.05) is 16.4 Å². The fourth-order valence-corrected chi connectivity index (χ4v) is 15.0. The maximum absolute atomic E-state index is 9.11. The Kier molecular flexibility index (Phi) is 19.1. The average molecular weight is 816 g/mol. The lowest BCUT2D eigenvalue weighted by Gasteiger charge is -2.58. The second-order valence-electron chi connectivity index (χ2n) is 21.0. The van der Waals surface area contributed by atoms with Crippen molar-refractivity contribution in [2.45, 2.75) is 208 Å². The number of rotatable bonds is 25. The molecule has 0 radical (unpaired) electrons. The monoisotopic (exact) mass is 816 g/mol. The first-order chi connectivity index (χ1) is 26.6. The quantitative estimate of drug-likeness (QED) is 0.0241. The molecule has 0 aromatic carbocycles. The van der Waals surface area contributed by atoms with Gasteiger partial charge in [0.2, 0.25) is 0 Å². The van der Waals surface area contributed by atoms with Gasteiger partial charge in [-0.2, -0.15) is 0 Å². The van der Waals surface area contributed by atoms with Crippen molar-refractivity contribution in [3.8, 4) is 0 Å². The number of nitrogens with one attached hydrogen (secondary N) is 2. The van der Waals surface area contributed by atoms with Crippen molar-refractivity contribution in [2.75, 3.05) is 31.9 Å². The molecule has 326 valence electrons. The zero-order valence-electron chi connectivity index (χ0n) is 38.6. The highest BCUT2D eigenvalue weighted by atomic mass is 33.1. The Hall–Kier alpha value is -0.210. The number of hydrogen-bond acceptors (Lipinski definition) is 6. The van der Waals surface area contributed by atoms with Crippen molar-refractivity contribution in [1.29, 1.82) is 5.41 Å². The fourth-order valence-electron chi connectivity index (χ4n) is 12.4. The molecule has 0 bridgehead atoms. The topological polar surface area (TPSA) is 91.2 Å². The number of fused-ring (bicyclic) bond motifs is 5. The summed E-state index contributed by atoms with van der Waals surface area (Å²) in [5.74, 6) is 8.12. The molecule has 3 saturated carbocycles.